The minimum atomic E-state index is -3.56. The van der Waals surface area contributed by atoms with Gasteiger partial charge in [-0.2, -0.15) is 13.1 Å². The number of hydrogen-bond acceptors (Lipinski definition) is 6. The predicted molar refractivity (Wildman–Crippen MR) is 118 cm³/mol. The van der Waals surface area contributed by atoms with Crippen LogP contribution in [0.5, 0.6) is 5.75 Å². The van der Waals surface area contributed by atoms with Crippen LogP contribution in [0.4, 0.5) is 14.5 Å². The first-order valence-corrected chi connectivity index (χ1v) is 11.7. The summed E-state index contributed by atoms with van der Waals surface area (Å²) < 4.78 is 60.4. The van der Waals surface area contributed by atoms with Gasteiger partial charge in [0.15, 0.2) is 6.61 Å². The third-order valence-corrected chi connectivity index (χ3v) is 6.69. The van der Waals surface area contributed by atoms with Crippen LogP contribution in [0.1, 0.15) is 25.8 Å². The molecule has 0 aliphatic rings. The molecule has 1 amide bonds. The number of hydrogen-bond donors (Lipinski definition) is 1. The zero-order valence-corrected chi connectivity index (χ0v) is 19.1. The summed E-state index contributed by atoms with van der Waals surface area (Å²) in [7, 11) is -3.56. The number of rotatable bonds is 12. The fourth-order valence-corrected chi connectivity index (χ4v) is 4.42. The first-order valence-electron chi connectivity index (χ1n) is 10.3. The van der Waals surface area contributed by atoms with E-state index in [2.05, 4.69) is 10.1 Å². The highest BCUT2D eigenvalue weighted by Crippen LogP contribution is 2.25. The van der Waals surface area contributed by atoms with Crippen molar-refractivity contribution in [3.8, 4) is 5.75 Å². The molecule has 0 atom stereocenters. The van der Waals surface area contributed by atoms with Crippen molar-refractivity contribution in [2.45, 2.75) is 38.2 Å². The van der Waals surface area contributed by atoms with Crippen LogP contribution in [0.2, 0.25) is 0 Å². The Balaban J connectivity index is 1.83. The summed E-state index contributed by atoms with van der Waals surface area (Å²) in [4.78, 5) is 24.1. The molecular formula is C22H26F2N2O6S. The van der Waals surface area contributed by atoms with Crippen LogP contribution < -0.4 is 10.1 Å². The molecule has 0 heterocycles. The van der Waals surface area contributed by atoms with E-state index in [0.29, 0.717) is 13.1 Å². The number of halogens is 2. The topological polar surface area (TPSA) is 102 Å². The smallest absolute Gasteiger partial charge is 0.387 e. The van der Waals surface area contributed by atoms with Crippen LogP contribution in [0.25, 0.3) is 0 Å². The number of carbonyl (C=O) groups is 2. The second-order valence-corrected chi connectivity index (χ2v) is 8.75. The summed E-state index contributed by atoms with van der Waals surface area (Å²) in [6, 6.07) is 11.9. The van der Waals surface area contributed by atoms with E-state index in [0.717, 1.165) is 5.56 Å². The Labute approximate surface area is 191 Å². The lowest BCUT2D eigenvalue weighted by Crippen LogP contribution is -2.30. The molecule has 0 aliphatic heterocycles. The van der Waals surface area contributed by atoms with Crippen molar-refractivity contribution < 1.29 is 36.3 Å². The summed E-state index contributed by atoms with van der Waals surface area (Å²) in [5.74, 6) is -1.56. The maximum absolute atomic E-state index is 12.5. The number of nitrogens with one attached hydrogen (secondary N) is 1. The number of aryl methyl sites for hydroxylation is 1. The minimum Gasteiger partial charge on any atom is -0.456 e. The van der Waals surface area contributed by atoms with Crippen molar-refractivity contribution in [2.24, 2.45) is 0 Å². The third-order valence-electron chi connectivity index (χ3n) is 4.63. The van der Waals surface area contributed by atoms with Gasteiger partial charge >= 0.3 is 12.6 Å². The van der Waals surface area contributed by atoms with E-state index >= 15 is 0 Å². The first kappa shape index (κ1) is 26.2. The molecule has 0 radical (unpaired) electrons. The number of alkyl halides is 2. The van der Waals surface area contributed by atoms with Crippen LogP contribution in [0, 0.1) is 0 Å². The Morgan fingerprint density at radius 3 is 2.27 bits per heavy atom. The molecule has 33 heavy (non-hydrogen) atoms. The highest BCUT2D eigenvalue weighted by atomic mass is 32.2. The molecule has 0 saturated heterocycles. The molecule has 11 heteroatoms. The van der Waals surface area contributed by atoms with E-state index in [9.17, 15) is 26.8 Å². The van der Waals surface area contributed by atoms with Gasteiger partial charge in [-0.1, -0.05) is 38.1 Å². The van der Waals surface area contributed by atoms with Gasteiger partial charge in [-0.15, -0.1) is 0 Å². The molecule has 180 valence electrons. The van der Waals surface area contributed by atoms with Crippen LogP contribution in [0.3, 0.4) is 0 Å². The van der Waals surface area contributed by atoms with Crippen molar-refractivity contribution in [3.63, 3.8) is 0 Å². The maximum atomic E-state index is 12.5. The number of amides is 1. The number of anilines is 1. The first-order chi connectivity index (χ1) is 15.7. The van der Waals surface area contributed by atoms with Crippen LogP contribution in [0.15, 0.2) is 53.4 Å². The maximum Gasteiger partial charge on any atom is 0.387 e. The number of sulfonamides is 1. The molecule has 0 spiro atoms. The molecule has 0 bridgehead atoms. The fourth-order valence-electron chi connectivity index (χ4n) is 2.96. The van der Waals surface area contributed by atoms with Crippen LogP contribution in [-0.4, -0.2) is 50.9 Å². The number of para-hydroxylation sites is 2. The van der Waals surface area contributed by atoms with Gasteiger partial charge in [-0.05, 0) is 36.2 Å². The highest BCUT2D eigenvalue weighted by Gasteiger charge is 2.21. The lowest BCUT2D eigenvalue weighted by molar-refractivity contribution is -0.147. The molecule has 0 aliphatic carbocycles. The number of nitrogens with zero attached hydrogens (tertiary/aromatic N) is 1. The molecule has 0 fully saturated rings. The molecular weight excluding hydrogens is 458 g/mol. The second-order valence-electron chi connectivity index (χ2n) is 6.82. The molecule has 0 aromatic heterocycles. The van der Waals surface area contributed by atoms with E-state index in [-0.39, 0.29) is 29.2 Å². The SMILES string of the molecule is CCN(CC)S(=O)(=O)c1ccc(CCC(=O)OCC(=O)Nc2ccccc2OC(F)F)cc1. The van der Waals surface area contributed by atoms with Crippen LogP contribution in [-0.2, 0) is 30.8 Å². The van der Waals surface area contributed by atoms with E-state index in [1.807, 2.05) is 0 Å². The Kier molecular flexibility index (Phi) is 9.74. The molecule has 2 rings (SSSR count). The lowest BCUT2D eigenvalue weighted by Gasteiger charge is -2.18. The summed E-state index contributed by atoms with van der Waals surface area (Å²) in [6.07, 6.45) is 0.262. The zero-order chi connectivity index (χ0) is 24.4. The highest BCUT2D eigenvalue weighted by molar-refractivity contribution is 7.89. The quantitative estimate of drug-likeness (QED) is 0.463. The van der Waals surface area contributed by atoms with E-state index in [1.165, 1.54) is 40.7 Å². The van der Waals surface area contributed by atoms with E-state index in [4.69, 9.17) is 4.74 Å². The monoisotopic (exact) mass is 484 g/mol. The Hall–Kier alpha value is -3.05. The molecule has 1 N–H and O–H groups in total. The number of benzene rings is 2. The second kappa shape index (κ2) is 12.3. The van der Waals surface area contributed by atoms with Crippen molar-refractivity contribution in [1.29, 1.82) is 0 Å². The molecule has 0 unspecified atom stereocenters. The van der Waals surface area contributed by atoms with Gasteiger partial charge in [-0.25, -0.2) is 8.42 Å². The summed E-state index contributed by atoms with van der Waals surface area (Å²) in [5.41, 5.74) is 0.756. The zero-order valence-electron chi connectivity index (χ0n) is 18.3. The average Bonchev–Trinajstić information content (AvgIpc) is 2.78. The van der Waals surface area contributed by atoms with E-state index < -0.39 is 35.1 Å². The standard InChI is InChI=1S/C22H26F2N2O6S/c1-3-26(4-2)33(29,30)17-12-9-16(10-13-17)11-14-21(28)31-15-20(27)25-18-7-5-6-8-19(18)32-22(23)24/h5-10,12-13,22H,3-4,11,14-15H2,1-2H3,(H,25,27). The van der Waals surface area contributed by atoms with Gasteiger partial charge in [-0.3, -0.25) is 9.59 Å². The minimum absolute atomic E-state index is 0.0265. The van der Waals surface area contributed by atoms with Crippen LogP contribution >= 0.6 is 0 Å². The molecule has 8 nitrogen and oxygen atoms in total. The molecule has 2 aromatic rings. The van der Waals surface area contributed by atoms with Gasteiger partial charge in [0.05, 0.1) is 10.6 Å². The fraction of sp³-hybridized carbons (Fsp3) is 0.364. The number of carbonyl (C=O) groups excluding carboxylic acids is 2. The van der Waals surface area contributed by atoms with Gasteiger partial charge in [0.25, 0.3) is 5.91 Å². The third kappa shape index (κ3) is 7.79. The Morgan fingerprint density at radius 2 is 1.67 bits per heavy atom. The predicted octanol–water partition coefficient (Wildman–Crippen LogP) is 3.43. The van der Waals surface area contributed by atoms with Gasteiger partial charge < -0.3 is 14.8 Å². The van der Waals surface area contributed by atoms with Gasteiger partial charge in [0, 0.05) is 19.5 Å². The number of esters is 1. The normalized spacial score (nSPS) is 11.5. The van der Waals surface area contributed by atoms with Crippen molar-refractivity contribution in [3.05, 3.63) is 54.1 Å². The van der Waals surface area contributed by atoms with Crippen molar-refractivity contribution >= 4 is 27.6 Å². The Bertz CT molecular complexity index is 1040. The largest absolute Gasteiger partial charge is 0.456 e. The lowest BCUT2D eigenvalue weighted by atomic mass is 10.1. The van der Waals surface area contributed by atoms with Crippen molar-refractivity contribution in [1.82, 2.24) is 4.31 Å². The summed E-state index contributed by atoms with van der Waals surface area (Å²) in [5, 5.41) is 2.35. The molecule has 0 saturated carbocycles. The van der Waals surface area contributed by atoms with Gasteiger partial charge in [0.1, 0.15) is 5.75 Å². The molecule has 2 aromatic carbocycles. The average molecular weight is 485 g/mol. The Morgan fingerprint density at radius 1 is 1.03 bits per heavy atom. The van der Waals surface area contributed by atoms with Crippen molar-refractivity contribution in [2.75, 3.05) is 25.0 Å². The van der Waals surface area contributed by atoms with Gasteiger partial charge in [0.2, 0.25) is 10.0 Å². The summed E-state index contributed by atoms with van der Waals surface area (Å²) in [6.45, 7) is 0.611. The summed E-state index contributed by atoms with van der Waals surface area (Å²) >= 11 is 0. The van der Waals surface area contributed by atoms with E-state index in [1.54, 1.807) is 26.0 Å². The number of ether oxygens (including phenoxy) is 2.